The van der Waals surface area contributed by atoms with Gasteiger partial charge in [-0.15, -0.1) is 0 Å². The van der Waals surface area contributed by atoms with Gasteiger partial charge >= 0.3 is 0 Å². The lowest BCUT2D eigenvalue weighted by atomic mass is 10.3. The summed E-state index contributed by atoms with van der Waals surface area (Å²) in [6.07, 6.45) is 6.52. The van der Waals surface area contributed by atoms with Crippen LogP contribution in [-0.2, 0) is 0 Å². The zero-order chi connectivity index (χ0) is 11.3. The van der Waals surface area contributed by atoms with E-state index in [1.54, 1.807) is 23.9 Å². The van der Waals surface area contributed by atoms with Crippen LogP contribution in [0.1, 0.15) is 18.9 Å². The lowest BCUT2D eigenvalue weighted by molar-refractivity contribution is 1.04. The number of aromatic nitrogens is 1. The minimum Gasteiger partial charge on any atom is -0.271 e. The fourth-order valence-electron chi connectivity index (χ4n) is 1.25. The van der Waals surface area contributed by atoms with E-state index in [4.69, 9.17) is 0 Å². The Hall–Kier alpha value is -1.64. The number of hydrogen-bond acceptors (Lipinski definition) is 2. The van der Waals surface area contributed by atoms with E-state index in [9.17, 15) is 4.79 Å². The van der Waals surface area contributed by atoms with Crippen molar-refractivity contribution < 1.29 is 0 Å². The van der Waals surface area contributed by atoms with Gasteiger partial charge in [0.2, 0.25) is 0 Å². The molecule has 15 heavy (non-hydrogen) atoms. The Labute approximate surface area is 89.8 Å². The molecule has 0 atom stereocenters. The van der Waals surface area contributed by atoms with Crippen molar-refractivity contribution in [3.05, 3.63) is 46.4 Å². The Morgan fingerprint density at radius 2 is 2.33 bits per heavy atom. The van der Waals surface area contributed by atoms with Crippen LogP contribution in [0.5, 0.6) is 0 Å². The highest BCUT2D eigenvalue weighted by Crippen LogP contribution is 1.93. The van der Waals surface area contributed by atoms with Gasteiger partial charge in [0.1, 0.15) is 5.84 Å². The second kappa shape index (κ2) is 5.29. The second-order valence-electron chi connectivity index (χ2n) is 3.30. The molecule has 0 spiro atoms. The quantitative estimate of drug-likeness (QED) is 0.536. The molecule has 0 aliphatic carbocycles. The Bertz CT molecular complexity index is 441. The summed E-state index contributed by atoms with van der Waals surface area (Å²) in [6, 6.07) is 3.50. The smallest absolute Gasteiger partial charge is 0.256 e. The minimum absolute atomic E-state index is 0.0450. The summed E-state index contributed by atoms with van der Waals surface area (Å²) < 4.78 is 1.54. The summed E-state index contributed by atoms with van der Waals surface area (Å²) in [5.74, 6) is 0.668. The van der Waals surface area contributed by atoms with E-state index >= 15 is 0 Å². The first kappa shape index (κ1) is 11.4. The monoisotopic (exact) mass is 204 g/mol. The lowest BCUT2D eigenvalue weighted by Crippen LogP contribution is -2.24. The van der Waals surface area contributed by atoms with E-state index in [1.165, 1.54) is 0 Å². The van der Waals surface area contributed by atoms with Gasteiger partial charge in [-0.2, -0.15) is 0 Å². The molecule has 0 aliphatic rings. The van der Waals surface area contributed by atoms with E-state index in [-0.39, 0.29) is 5.56 Å². The molecule has 0 saturated heterocycles. The first-order valence-electron chi connectivity index (χ1n) is 5.02. The van der Waals surface area contributed by atoms with Crippen molar-refractivity contribution in [1.29, 1.82) is 0 Å². The molecule has 0 aromatic carbocycles. The molecule has 0 unspecified atom stereocenters. The fourth-order valence-corrected chi connectivity index (χ4v) is 1.25. The molecule has 0 bridgehead atoms. The van der Waals surface area contributed by atoms with E-state index in [2.05, 4.69) is 4.99 Å². The second-order valence-corrected chi connectivity index (χ2v) is 3.30. The highest BCUT2D eigenvalue weighted by atomic mass is 16.1. The van der Waals surface area contributed by atoms with Gasteiger partial charge in [-0.25, -0.2) is 0 Å². The fraction of sp³-hybridized carbons (Fsp3) is 0.333. The van der Waals surface area contributed by atoms with E-state index in [0.717, 1.165) is 12.0 Å². The van der Waals surface area contributed by atoms with Gasteiger partial charge in [0.05, 0.1) is 0 Å². The van der Waals surface area contributed by atoms with Gasteiger partial charge < -0.3 is 0 Å². The van der Waals surface area contributed by atoms with E-state index in [1.807, 2.05) is 32.1 Å². The summed E-state index contributed by atoms with van der Waals surface area (Å²) in [4.78, 5) is 15.7. The van der Waals surface area contributed by atoms with Crippen molar-refractivity contribution in [1.82, 2.24) is 4.57 Å². The molecule has 1 heterocycles. The average molecular weight is 204 g/mol. The van der Waals surface area contributed by atoms with Crippen molar-refractivity contribution in [2.75, 3.05) is 7.05 Å². The standard InChI is InChI=1S/C12H16N2O/c1-4-5-6-11(13-3)14-8-7-10(2)9-12(14)15/h5-9H,4H2,1-3H3/b6-5-,13-11?. The number of pyridine rings is 1. The Morgan fingerprint density at radius 1 is 1.60 bits per heavy atom. The zero-order valence-corrected chi connectivity index (χ0v) is 9.40. The summed E-state index contributed by atoms with van der Waals surface area (Å²) in [7, 11) is 1.68. The van der Waals surface area contributed by atoms with Crippen LogP contribution in [0.25, 0.3) is 0 Å². The molecule has 0 aliphatic heterocycles. The van der Waals surface area contributed by atoms with Crippen LogP contribution >= 0.6 is 0 Å². The van der Waals surface area contributed by atoms with Gasteiger partial charge in [0, 0.05) is 19.3 Å². The summed E-state index contributed by atoms with van der Waals surface area (Å²) in [5.41, 5.74) is 0.919. The third-order valence-electron chi connectivity index (χ3n) is 2.05. The Balaban J connectivity index is 3.14. The predicted octanol–water partition coefficient (Wildman–Crippen LogP) is 2.00. The lowest BCUT2D eigenvalue weighted by Gasteiger charge is -2.04. The molecular weight excluding hydrogens is 188 g/mol. The van der Waals surface area contributed by atoms with Crippen LogP contribution < -0.4 is 5.56 Å². The third kappa shape index (κ3) is 2.91. The summed E-state index contributed by atoms with van der Waals surface area (Å²) in [6.45, 7) is 3.94. The van der Waals surface area contributed by atoms with Crippen molar-refractivity contribution in [2.45, 2.75) is 20.3 Å². The molecule has 1 aromatic heterocycles. The number of aryl methyl sites for hydroxylation is 1. The van der Waals surface area contributed by atoms with E-state index < -0.39 is 0 Å². The molecule has 0 amide bonds. The van der Waals surface area contributed by atoms with Gasteiger partial charge in [0.25, 0.3) is 5.56 Å². The highest BCUT2D eigenvalue weighted by Gasteiger charge is 1.99. The molecule has 1 aromatic rings. The molecule has 0 N–H and O–H groups in total. The molecule has 0 fully saturated rings. The van der Waals surface area contributed by atoms with Crippen LogP contribution in [0.2, 0.25) is 0 Å². The zero-order valence-electron chi connectivity index (χ0n) is 9.40. The summed E-state index contributed by atoms with van der Waals surface area (Å²) >= 11 is 0. The maximum atomic E-state index is 11.7. The van der Waals surface area contributed by atoms with Gasteiger partial charge in [0.15, 0.2) is 0 Å². The maximum Gasteiger partial charge on any atom is 0.256 e. The number of aliphatic imine (C=N–C) groups is 1. The first-order chi connectivity index (χ1) is 7.19. The van der Waals surface area contributed by atoms with Gasteiger partial charge in [-0.1, -0.05) is 13.0 Å². The number of nitrogens with zero attached hydrogens (tertiary/aromatic N) is 2. The first-order valence-corrected chi connectivity index (χ1v) is 5.02. The number of hydrogen-bond donors (Lipinski definition) is 0. The van der Waals surface area contributed by atoms with E-state index in [0.29, 0.717) is 5.84 Å². The van der Waals surface area contributed by atoms with Crippen molar-refractivity contribution >= 4 is 5.84 Å². The predicted molar refractivity (Wildman–Crippen MR) is 63.6 cm³/mol. The largest absolute Gasteiger partial charge is 0.271 e. The molecular formula is C12H16N2O. The van der Waals surface area contributed by atoms with Gasteiger partial charge in [-0.05, 0) is 31.1 Å². The normalized spacial score (nSPS) is 12.3. The Morgan fingerprint density at radius 3 is 2.87 bits per heavy atom. The highest BCUT2D eigenvalue weighted by molar-refractivity contribution is 5.94. The minimum atomic E-state index is -0.0450. The topological polar surface area (TPSA) is 34.4 Å². The average Bonchev–Trinajstić information content (AvgIpc) is 2.21. The third-order valence-corrected chi connectivity index (χ3v) is 2.05. The molecule has 1 rings (SSSR count). The van der Waals surface area contributed by atoms with Crippen LogP contribution in [0.15, 0.2) is 40.3 Å². The Kier molecular flexibility index (Phi) is 4.03. The molecule has 3 heteroatoms. The molecule has 3 nitrogen and oxygen atoms in total. The SMILES string of the molecule is CC/C=C\C(=NC)n1ccc(C)cc1=O. The van der Waals surface area contributed by atoms with Crippen molar-refractivity contribution in [3.8, 4) is 0 Å². The summed E-state index contributed by atoms with van der Waals surface area (Å²) in [5, 5.41) is 0. The molecule has 0 radical (unpaired) electrons. The van der Waals surface area contributed by atoms with Crippen LogP contribution in [0.4, 0.5) is 0 Å². The van der Waals surface area contributed by atoms with Crippen LogP contribution in [0, 0.1) is 6.92 Å². The molecule has 0 saturated carbocycles. The number of rotatable bonds is 2. The van der Waals surface area contributed by atoms with Crippen molar-refractivity contribution in [2.24, 2.45) is 4.99 Å². The maximum absolute atomic E-state index is 11.7. The van der Waals surface area contributed by atoms with Crippen molar-refractivity contribution in [3.63, 3.8) is 0 Å². The number of allylic oxidation sites excluding steroid dienone is 2. The van der Waals surface area contributed by atoms with Crippen LogP contribution in [0.3, 0.4) is 0 Å². The van der Waals surface area contributed by atoms with Crippen LogP contribution in [-0.4, -0.2) is 17.5 Å². The molecule has 80 valence electrons. The van der Waals surface area contributed by atoms with Gasteiger partial charge in [-0.3, -0.25) is 14.4 Å².